The van der Waals surface area contributed by atoms with Gasteiger partial charge in [0.05, 0.1) is 26.3 Å². The van der Waals surface area contributed by atoms with Gasteiger partial charge in [-0.05, 0) is 48.5 Å². The number of aromatic nitrogens is 4. The van der Waals surface area contributed by atoms with Crippen LogP contribution < -0.4 is 15.2 Å². The third-order valence-electron chi connectivity index (χ3n) is 5.53. The fourth-order valence-corrected chi connectivity index (χ4v) is 3.94. The first kappa shape index (κ1) is 21.7. The van der Waals surface area contributed by atoms with Crippen molar-refractivity contribution < 1.29 is 14.3 Å². The molecule has 0 saturated heterocycles. The topological polar surface area (TPSA) is 87.7 Å². The van der Waals surface area contributed by atoms with Crippen LogP contribution in [0.1, 0.15) is 10.4 Å². The number of methoxy groups -OCH3 is 2. The van der Waals surface area contributed by atoms with Gasteiger partial charge >= 0.3 is 5.69 Å². The minimum absolute atomic E-state index is 0.154. The maximum atomic E-state index is 13.5. The smallest absolute Gasteiger partial charge is 0.351 e. The lowest BCUT2D eigenvalue weighted by atomic mass is 10.1. The van der Waals surface area contributed by atoms with E-state index < -0.39 is 5.69 Å². The van der Waals surface area contributed by atoms with E-state index >= 15 is 0 Å². The summed E-state index contributed by atoms with van der Waals surface area (Å²) in [6.07, 6.45) is 0. The maximum absolute atomic E-state index is 13.5. The molecule has 2 aromatic heterocycles. The van der Waals surface area contributed by atoms with Gasteiger partial charge in [-0.15, -0.1) is 5.10 Å². The van der Waals surface area contributed by atoms with Gasteiger partial charge in [0.2, 0.25) is 0 Å². The molecule has 0 amide bonds. The molecular weight excluding hydrogens is 456 g/mol. The highest BCUT2D eigenvalue weighted by atomic mass is 35.5. The molecule has 0 atom stereocenters. The number of ketones is 1. The van der Waals surface area contributed by atoms with Crippen molar-refractivity contribution in [2.45, 2.75) is 6.54 Å². The predicted molar refractivity (Wildman–Crippen MR) is 129 cm³/mol. The second-order valence-corrected chi connectivity index (χ2v) is 8.02. The summed E-state index contributed by atoms with van der Waals surface area (Å²) in [6.45, 7) is -0.154. The normalized spacial score (nSPS) is 11.1. The molecule has 0 fully saturated rings. The number of carbonyl (C=O) groups excluding carboxylic acids is 1. The van der Waals surface area contributed by atoms with E-state index in [-0.39, 0.29) is 12.3 Å². The van der Waals surface area contributed by atoms with Crippen molar-refractivity contribution in [3.05, 3.63) is 87.8 Å². The molecule has 2 heterocycles. The van der Waals surface area contributed by atoms with E-state index in [0.717, 1.165) is 0 Å². The first-order valence-corrected chi connectivity index (χ1v) is 10.8. The van der Waals surface area contributed by atoms with Crippen LogP contribution in [0.15, 0.2) is 71.5 Å². The number of carbonyl (C=O) groups is 1. The molecule has 34 heavy (non-hydrogen) atoms. The van der Waals surface area contributed by atoms with Gasteiger partial charge < -0.3 is 9.47 Å². The van der Waals surface area contributed by atoms with Crippen molar-refractivity contribution in [3.63, 3.8) is 0 Å². The van der Waals surface area contributed by atoms with Gasteiger partial charge in [-0.25, -0.2) is 9.78 Å². The number of hydrogen-bond donors (Lipinski definition) is 0. The van der Waals surface area contributed by atoms with Crippen LogP contribution in [-0.2, 0) is 6.54 Å². The number of hydrogen-bond acceptors (Lipinski definition) is 6. The van der Waals surface area contributed by atoms with E-state index in [9.17, 15) is 9.59 Å². The zero-order valence-corrected chi connectivity index (χ0v) is 19.1. The fraction of sp³-hybridized carbons (Fsp3) is 0.120. The van der Waals surface area contributed by atoms with Gasteiger partial charge in [-0.3, -0.25) is 9.36 Å². The molecule has 9 heteroatoms. The number of halogens is 1. The van der Waals surface area contributed by atoms with Gasteiger partial charge in [0, 0.05) is 27.6 Å². The molecule has 0 aliphatic rings. The third kappa shape index (κ3) is 3.78. The van der Waals surface area contributed by atoms with Crippen molar-refractivity contribution in [1.82, 2.24) is 19.2 Å². The molecule has 8 nitrogen and oxygen atoms in total. The summed E-state index contributed by atoms with van der Waals surface area (Å²) >= 11 is 5.94. The standard InChI is InChI=1S/C25H19ClN4O4/c1-33-18-11-16(12-19(13-18)34-2)23-27-24-20-5-3-4-6-21(20)29(25(32)30(24)28-23)14-22(31)15-7-9-17(26)10-8-15/h3-13H,14H2,1-2H3. The van der Waals surface area contributed by atoms with Crippen molar-refractivity contribution in [3.8, 4) is 22.9 Å². The van der Waals surface area contributed by atoms with Gasteiger partial charge in [-0.1, -0.05) is 23.7 Å². The molecule has 0 saturated carbocycles. The summed E-state index contributed by atoms with van der Waals surface area (Å²) in [6, 6.07) is 19.1. The van der Waals surface area contributed by atoms with Crippen molar-refractivity contribution in [1.29, 1.82) is 0 Å². The van der Waals surface area contributed by atoms with Crippen LogP contribution in [0.25, 0.3) is 27.9 Å². The molecule has 0 aliphatic carbocycles. The second-order valence-electron chi connectivity index (χ2n) is 7.59. The maximum Gasteiger partial charge on any atom is 0.351 e. The summed E-state index contributed by atoms with van der Waals surface area (Å²) in [5, 5.41) is 5.69. The summed E-state index contributed by atoms with van der Waals surface area (Å²) < 4.78 is 13.3. The fourth-order valence-electron chi connectivity index (χ4n) is 3.82. The molecule has 0 spiro atoms. The highest BCUT2D eigenvalue weighted by Crippen LogP contribution is 2.29. The third-order valence-corrected chi connectivity index (χ3v) is 5.78. The molecule has 170 valence electrons. The molecule has 3 aromatic carbocycles. The molecule has 0 bridgehead atoms. The SMILES string of the molecule is COc1cc(OC)cc(-c2nc3c4ccccc4n(CC(=O)c4ccc(Cl)cc4)c(=O)n3n2)c1. The number of para-hydroxylation sites is 1. The Morgan fingerprint density at radius 1 is 0.971 bits per heavy atom. The van der Waals surface area contributed by atoms with E-state index in [4.69, 9.17) is 21.1 Å². The minimum Gasteiger partial charge on any atom is -0.497 e. The number of nitrogens with zero attached hydrogens (tertiary/aromatic N) is 4. The Morgan fingerprint density at radius 2 is 1.65 bits per heavy atom. The van der Waals surface area contributed by atoms with Gasteiger partial charge in [0.1, 0.15) is 11.5 Å². The molecule has 0 N–H and O–H groups in total. The Kier molecular flexibility index (Phi) is 5.51. The second kappa shape index (κ2) is 8.64. The quantitative estimate of drug-likeness (QED) is 0.342. The lowest BCUT2D eigenvalue weighted by Crippen LogP contribution is -2.30. The van der Waals surface area contributed by atoms with Crippen molar-refractivity contribution >= 4 is 33.9 Å². The van der Waals surface area contributed by atoms with Crippen LogP contribution in [-0.4, -0.2) is 39.2 Å². The lowest BCUT2D eigenvalue weighted by Gasteiger charge is -2.10. The summed E-state index contributed by atoms with van der Waals surface area (Å²) in [5.41, 5.74) is 1.61. The average Bonchev–Trinajstić information content (AvgIpc) is 3.32. The number of benzene rings is 3. The molecule has 5 rings (SSSR count). The average molecular weight is 475 g/mol. The first-order valence-electron chi connectivity index (χ1n) is 10.4. The van der Waals surface area contributed by atoms with Crippen LogP contribution in [0, 0.1) is 0 Å². The van der Waals surface area contributed by atoms with Gasteiger partial charge in [-0.2, -0.15) is 4.52 Å². The van der Waals surface area contributed by atoms with E-state index in [1.54, 1.807) is 62.8 Å². The largest absolute Gasteiger partial charge is 0.497 e. The summed E-state index contributed by atoms with van der Waals surface area (Å²) in [4.78, 5) is 31.0. The Bertz CT molecular complexity index is 1580. The van der Waals surface area contributed by atoms with E-state index in [1.807, 2.05) is 18.2 Å². The molecule has 0 radical (unpaired) electrons. The van der Waals surface area contributed by atoms with Crippen LogP contribution >= 0.6 is 11.6 Å². The highest BCUT2D eigenvalue weighted by Gasteiger charge is 2.18. The summed E-state index contributed by atoms with van der Waals surface area (Å²) in [5.74, 6) is 1.26. The summed E-state index contributed by atoms with van der Waals surface area (Å²) in [7, 11) is 3.11. The van der Waals surface area contributed by atoms with E-state index in [0.29, 0.717) is 50.0 Å². The number of Topliss-reactive ketones (excluding diaryl/α,β-unsaturated/α-hetero) is 1. The molecule has 0 unspecified atom stereocenters. The first-order chi connectivity index (χ1) is 16.5. The Balaban J connectivity index is 1.68. The van der Waals surface area contributed by atoms with Crippen LogP contribution in [0.4, 0.5) is 0 Å². The number of fused-ring (bicyclic) bond motifs is 3. The van der Waals surface area contributed by atoms with E-state index in [2.05, 4.69) is 10.1 Å². The van der Waals surface area contributed by atoms with Crippen molar-refractivity contribution in [2.75, 3.05) is 14.2 Å². The number of ether oxygens (including phenoxy) is 2. The zero-order valence-electron chi connectivity index (χ0n) is 18.4. The predicted octanol–water partition coefficient (Wildman–Crippen LogP) is 4.26. The van der Waals surface area contributed by atoms with E-state index in [1.165, 1.54) is 9.08 Å². The highest BCUT2D eigenvalue weighted by molar-refractivity contribution is 6.30. The van der Waals surface area contributed by atoms with Gasteiger partial charge in [0.15, 0.2) is 17.3 Å². The molecular formula is C25H19ClN4O4. The van der Waals surface area contributed by atoms with Crippen LogP contribution in [0.5, 0.6) is 11.5 Å². The Labute approximate surface area is 198 Å². The van der Waals surface area contributed by atoms with Gasteiger partial charge in [0.25, 0.3) is 0 Å². The lowest BCUT2D eigenvalue weighted by molar-refractivity contribution is 0.0971. The Hall–Kier alpha value is -4.17. The Morgan fingerprint density at radius 3 is 2.32 bits per heavy atom. The zero-order chi connectivity index (χ0) is 23.8. The molecule has 0 aliphatic heterocycles. The molecule has 5 aromatic rings. The monoisotopic (exact) mass is 474 g/mol. The number of rotatable bonds is 6. The minimum atomic E-state index is -0.468. The van der Waals surface area contributed by atoms with Crippen molar-refractivity contribution in [2.24, 2.45) is 0 Å². The van der Waals surface area contributed by atoms with Crippen LogP contribution in [0.2, 0.25) is 5.02 Å². The van der Waals surface area contributed by atoms with Crippen LogP contribution in [0.3, 0.4) is 0 Å².